The average molecular weight is 319 g/mol. The fraction of sp³-hybridized carbons (Fsp3) is 0.150. The molecule has 1 N–H and O–H groups in total. The molecular formula is C20H17NO3. The second kappa shape index (κ2) is 6.24. The number of carbonyl (C=O) groups is 1. The van der Waals surface area contributed by atoms with Crippen molar-refractivity contribution in [2.24, 2.45) is 0 Å². The third kappa shape index (κ3) is 2.91. The van der Waals surface area contributed by atoms with E-state index < -0.39 is 0 Å². The number of amides is 1. The van der Waals surface area contributed by atoms with Crippen molar-refractivity contribution in [1.29, 1.82) is 0 Å². The Morgan fingerprint density at radius 2 is 1.62 bits per heavy atom. The average Bonchev–Trinajstić information content (AvgIpc) is 2.86. The number of rotatable bonds is 2. The third-order valence-corrected chi connectivity index (χ3v) is 4.02. The van der Waals surface area contributed by atoms with E-state index in [9.17, 15) is 4.79 Å². The lowest BCUT2D eigenvalue weighted by Crippen LogP contribution is -2.11. The summed E-state index contributed by atoms with van der Waals surface area (Å²) in [6, 6.07) is 19.1. The van der Waals surface area contributed by atoms with Crippen LogP contribution in [0.2, 0.25) is 0 Å². The van der Waals surface area contributed by atoms with Gasteiger partial charge in [0.1, 0.15) is 0 Å². The van der Waals surface area contributed by atoms with Gasteiger partial charge in [0, 0.05) is 23.7 Å². The Morgan fingerprint density at radius 3 is 2.50 bits per heavy atom. The Balaban J connectivity index is 1.57. The van der Waals surface area contributed by atoms with Gasteiger partial charge in [-0.2, -0.15) is 0 Å². The number of carbonyl (C=O) groups excluding carboxylic acids is 1. The Morgan fingerprint density at radius 1 is 0.833 bits per heavy atom. The van der Waals surface area contributed by atoms with Crippen molar-refractivity contribution >= 4 is 22.4 Å². The molecule has 0 fully saturated rings. The molecule has 0 atom stereocenters. The van der Waals surface area contributed by atoms with Gasteiger partial charge < -0.3 is 14.8 Å². The van der Waals surface area contributed by atoms with Crippen LogP contribution in [-0.2, 0) is 0 Å². The summed E-state index contributed by atoms with van der Waals surface area (Å²) in [7, 11) is 0. The van der Waals surface area contributed by atoms with Crippen LogP contribution in [0, 0.1) is 0 Å². The molecule has 0 bridgehead atoms. The number of fused-ring (bicyclic) bond motifs is 2. The van der Waals surface area contributed by atoms with Gasteiger partial charge >= 0.3 is 0 Å². The van der Waals surface area contributed by atoms with E-state index >= 15 is 0 Å². The monoisotopic (exact) mass is 319 g/mol. The highest BCUT2D eigenvalue weighted by molar-refractivity contribution is 6.06. The van der Waals surface area contributed by atoms with Gasteiger partial charge in [-0.3, -0.25) is 4.79 Å². The van der Waals surface area contributed by atoms with E-state index in [1.54, 1.807) is 6.07 Å². The van der Waals surface area contributed by atoms with E-state index in [0.717, 1.165) is 22.9 Å². The maximum Gasteiger partial charge on any atom is 0.255 e. The SMILES string of the molecule is O=C(Nc1ccc2c(c1)OCCCO2)c1ccc2ccccc2c1. The van der Waals surface area contributed by atoms with Gasteiger partial charge in [-0.1, -0.05) is 30.3 Å². The largest absolute Gasteiger partial charge is 0.490 e. The molecule has 4 rings (SSSR count). The predicted molar refractivity (Wildman–Crippen MR) is 94.0 cm³/mol. The summed E-state index contributed by atoms with van der Waals surface area (Å²) in [4.78, 5) is 12.5. The Bertz CT molecular complexity index is 904. The molecule has 0 aliphatic carbocycles. The van der Waals surface area contributed by atoms with Gasteiger partial charge in [0.2, 0.25) is 0 Å². The zero-order chi connectivity index (χ0) is 16.4. The first-order chi connectivity index (χ1) is 11.8. The first-order valence-corrected chi connectivity index (χ1v) is 7.99. The van der Waals surface area contributed by atoms with Crippen LogP contribution in [0.1, 0.15) is 16.8 Å². The Kier molecular flexibility index (Phi) is 3.79. The molecule has 0 aromatic heterocycles. The van der Waals surface area contributed by atoms with Crippen LogP contribution >= 0.6 is 0 Å². The zero-order valence-electron chi connectivity index (χ0n) is 13.1. The molecule has 1 aliphatic rings. The number of nitrogens with one attached hydrogen (secondary N) is 1. The van der Waals surface area contributed by atoms with Crippen molar-refractivity contribution in [3.8, 4) is 11.5 Å². The summed E-state index contributed by atoms with van der Waals surface area (Å²) >= 11 is 0. The smallest absolute Gasteiger partial charge is 0.255 e. The fourth-order valence-electron chi connectivity index (χ4n) is 2.77. The summed E-state index contributed by atoms with van der Waals surface area (Å²) < 4.78 is 11.3. The van der Waals surface area contributed by atoms with Crippen LogP contribution < -0.4 is 14.8 Å². The topological polar surface area (TPSA) is 47.6 Å². The second-order valence-electron chi connectivity index (χ2n) is 5.73. The summed E-state index contributed by atoms with van der Waals surface area (Å²) in [6.45, 7) is 1.27. The third-order valence-electron chi connectivity index (χ3n) is 4.02. The van der Waals surface area contributed by atoms with Crippen LogP contribution in [0.25, 0.3) is 10.8 Å². The molecule has 1 heterocycles. The first-order valence-electron chi connectivity index (χ1n) is 7.99. The van der Waals surface area contributed by atoms with Gasteiger partial charge in [-0.05, 0) is 35.0 Å². The lowest BCUT2D eigenvalue weighted by atomic mass is 10.1. The lowest BCUT2D eigenvalue weighted by Gasteiger charge is -2.11. The van der Waals surface area contributed by atoms with Gasteiger partial charge in [-0.25, -0.2) is 0 Å². The quantitative estimate of drug-likeness (QED) is 0.768. The molecule has 120 valence electrons. The molecule has 3 aromatic rings. The maximum absolute atomic E-state index is 12.5. The van der Waals surface area contributed by atoms with Crippen LogP contribution in [0.15, 0.2) is 60.7 Å². The van der Waals surface area contributed by atoms with Crippen molar-refractivity contribution in [2.75, 3.05) is 18.5 Å². The van der Waals surface area contributed by atoms with E-state index in [0.29, 0.717) is 30.2 Å². The number of hydrogen-bond acceptors (Lipinski definition) is 3. The Labute approximate surface area is 140 Å². The molecule has 1 amide bonds. The van der Waals surface area contributed by atoms with Crippen molar-refractivity contribution < 1.29 is 14.3 Å². The molecular weight excluding hydrogens is 302 g/mol. The second-order valence-corrected chi connectivity index (χ2v) is 5.73. The van der Waals surface area contributed by atoms with E-state index in [1.165, 1.54) is 0 Å². The summed E-state index contributed by atoms with van der Waals surface area (Å²) in [5, 5.41) is 5.08. The van der Waals surface area contributed by atoms with E-state index in [2.05, 4.69) is 5.32 Å². The zero-order valence-corrected chi connectivity index (χ0v) is 13.1. The molecule has 0 saturated heterocycles. The van der Waals surface area contributed by atoms with Crippen LogP contribution in [0.5, 0.6) is 11.5 Å². The van der Waals surface area contributed by atoms with Crippen LogP contribution in [0.3, 0.4) is 0 Å². The van der Waals surface area contributed by atoms with Crippen molar-refractivity contribution in [1.82, 2.24) is 0 Å². The minimum Gasteiger partial charge on any atom is -0.490 e. The fourth-order valence-corrected chi connectivity index (χ4v) is 2.77. The molecule has 0 spiro atoms. The normalized spacial score (nSPS) is 13.3. The predicted octanol–water partition coefficient (Wildman–Crippen LogP) is 4.25. The van der Waals surface area contributed by atoms with Crippen molar-refractivity contribution in [3.63, 3.8) is 0 Å². The molecule has 24 heavy (non-hydrogen) atoms. The molecule has 0 saturated carbocycles. The van der Waals surface area contributed by atoms with Gasteiger partial charge in [-0.15, -0.1) is 0 Å². The first kappa shape index (κ1) is 14.6. The molecule has 3 aromatic carbocycles. The van der Waals surface area contributed by atoms with Crippen LogP contribution in [-0.4, -0.2) is 19.1 Å². The molecule has 0 radical (unpaired) electrons. The highest BCUT2D eigenvalue weighted by atomic mass is 16.5. The number of benzene rings is 3. The molecule has 4 nitrogen and oxygen atoms in total. The molecule has 0 unspecified atom stereocenters. The van der Waals surface area contributed by atoms with Crippen molar-refractivity contribution in [2.45, 2.75) is 6.42 Å². The van der Waals surface area contributed by atoms with Gasteiger partial charge in [0.05, 0.1) is 13.2 Å². The number of hydrogen-bond donors (Lipinski definition) is 1. The summed E-state index contributed by atoms with van der Waals surface area (Å²) in [5.41, 5.74) is 1.32. The molecule has 1 aliphatic heterocycles. The van der Waals surface area contributed by atoms with E-state index in [4.69, 9.17) is 9.47 Å². The number of anilines is 1. The summed E-state index contributed by atoms with van der Waals surface area (Å²) in [6.07, 6.45) is 0.855. The van der Waals surface area contributed by atoms with Gasteiger partial charge in [0.25, 0.3) is 5.91 Å². The minimum atomic E-state index is -0.143. The van der Waals surface area contributed by atoms with Crippen molar-refractivity contribution in [3.05, 3.63) is 66.2 Å². The van der Waals surface area contributed by atoms with Gasteiger partial charge in [0.15, 0.2) is 11.5 Å². The summed E-state index contributed by atoms with van der Waals surface area (Å²) in [5.74, 6) is 1.25. The Hall–Kier alpha value is -3.01. The van der Waals surface area contributed by atoms with Crippen LogP contribution in [0.4, 0.5) is 5.69 Å². The maximum atomic E-state index is 12.5. The number of ether oxygens (including phenoxy) is 2. The van der Waals surface area contributed by atoms with E-state index in [1.807, 2.05) is 54.6 Å². The highest BCUT2D eigenvalue weighted by Gasteiger charge is 2.13. The van der Waals surface area contributed by atoms with E-state index in [-0.39, 0.29) is 5.91 Å². The molecule has 4 heteroatoms. The highest BCUT2D eigenvalue weighted by Crippen LogP contribution is 2.32. The lowest BCUT2D eigenvalue weighted by molar-refractivity contribution is 0.102. The minimum absolute atomic E-state index is 0.143. The standard InChI is InChI=1S/C20H17NO3/c22-20(16-7-6-14-4-1-2-5-15(14)12-16)21-17-8-9-18-19(13-17)24-11-3-10-23-18/h1-2,4-9,12-13H,3,10-11H2,(H,21,22).